The average Bonchev–Trinajstić information content (AvgIpc) is 2.79. The first-order chi connectivity index (χ1) is 12.8. The highest BCUT2D eigenvalue weighted by Crippen LogP contribution is 2.28. The van der Waals surface area contributed by atoms with E-state index in [1.54, 1.807) is 6.07 Å². The lowest BCUT2D eigenvalue weighted by molar-refractivity contribution is 0.215. The van der Waals surface area contributed by atoms with Gasteiger partial charge in [0, 0.05) is 44.2 Å². The summed E-state index contributed by atoms with van der Waals surface area (Å²) in [6, 6.07) is 3.04. The van der Waals surface area contributed by atoms with E-state index in [2.05, 4.69) is 35.2 Å². The monoisotopic (exact) mass is 385 g/mol. The standard InChI is InChI=1S/C22H25ClFN3/c1-15-6-5-7-18(12-16(15)2)22(27-10-8-26(4)9-11-27)25-21-14-20(24)19(23)13-17(21)3/h5-6,13-14H,1,7-11H2,2-4H3. The zero-order chi connectivity index (χ0) is 19.6. The van der Waals surface area contributed by atoms with Crippen molar-refractivity contribution in [2.45, 2.75) is 20.3 Å². The third-order valence-electron chi connectivity index (χ3n) is 5.00. The Morgan fingerprint density at radius 1 is 1.22 bits per heavy atom. The Hall–Kier alpha value is -2.13. The van der Waals surface area contributed by atoms with E-state index in [9.17, 15) is 4.39 Å². The van der Waals surface area contributed by atoms with Crippen LogP contribution < -0.4 is 0 Å². The first-order valence-electron chi connectivity index (χ1n) is 9.15. The van der Waals surface area contributed by atoms with Gasteiger partial charge in [-0.3, -0.25) is 0 Å². The van der Waals surface area contributed by atoms with Gasteiger partial charge in [0.2, 0.25) is 0 Å². The number of hydrogen-bond donors (Lipinski definition) is 0. The first-order valence-corrected chi connectivity index (χ1v) is 9.53. The summed E-state index contributed by atoms with van der Waals surface area (Å²) in [4.78, 5) is 9.45. The van der Waals surface area contributed by atoms with Crippen LogP contribution in [0.3, 0.4) is 0 Å². The lowest BCUT2D eigenvalue weighted by Gasteiger charge is -2.35. The highest BCUT2D eigenvalue weighted by atomic mass is 35.5. The predicted molar refractivity (Wildman–Crippen MR) is 111 cm³/mol. The fourth-order valence-corrected chi connectivity index (χ4v) is 3.38. The molecule has 0 amide bonds. The Morgan fingerprint density at radius 2 is 1.93 bits per heavy atom. The van der Waals surface area contributed by atoms with Gasteiger partial charge in [-0.05, 0) is 43.7 Å². The smallest absolute Gasteiger partial charge is 0.143 e. The van der Waals surface area contributed by atoms with Crippen molar-refractivity contribution in [3.63, 3.8) is 0 Å². The van der Waals surface area contributed by atoms with Gasteiger partial charge >= 0.3 is 0 Å². The minimum atomic E-state index is -0.450. The molecule has 0 saturated carbocycles. The Kier molecular flexibility index (Phi) is 6.01. The van der Waals surface area contributed by atoms with Gasteiger partial charge < -0.3 is 9.80 Å². The van der Waals surface area contributed by atoms with Gasteiger partial charge in [0.1, 0.15) is 11.7 Å². The largest absolute Gasteiger partial charge is 0.353 e. The second-order valence-electron chi connectivity index (χ2n) is 7.14. The number of benzene rings is 1. The number of rotatable bonds is 2. The zero-order valence-electron chi connectivity index (χ0n) is 16.1. The van der Waals surface area contributed by atoms with Crippen molar-refractivity contribution >= 4 is 23.1 Å². The Balaban J connectivity index is 2.11. The highest BCUT2D eigenvalue weighted by molar-refractivity contribution is 6.30. The van der Waals surface area contributed by atoms with Crippen LogP contribution in [0.15, 0.2) is 58.3 Å². The number of halogens is 2. The summed E-state index contributed by atoms with van der Waals surface area (Å²) in [7, 11) is 2.12. The van der Waals surface area contributed by atoms with Gasteiger partial charge in [-0.1, -0.05) is 30.3 Å². The van der Waals surface area contributed by atoms with Crippen LogP contribution in [0.2, 0.25) is 5.02 Å². The Morgan fingerprint density at radius 3 is 2.63 bits per heavy atom. The maximum Gasteiger partial charge on any atom is 0.143 e. The molecule has 27 heavy (non-hydrogen) atoms. The molecule has 1 fully saturated rings. The molecule has 0 atom stereocenters. The third-order valence-corrected chi connectivity index (χ3v) is 5.29. The van der Waals surface area contributed by atoms with Gasteiger partial charge in [-0.25, -0.2) is 9.38 Å². The fourth-order valence-electron chi connectivity index (χ4n) is 3.17. The minimum Gasteiger partial charge on any atom is -0.353 e. The number of amidine groups is 1. The predicted octanol–water partition coefficient (Wildman–Crippen LogP) is 5.05. The molecule has 0 aromatic heterocycles. The molecule has 0 radical (unpaired) electrons. The SMILES string of the molecule is C=C1C=CCC(C(=Nc2cc(F)c(Cl)cc2C)N2CCN(C)CC2)=C=C1C. The molecular weight excluding hydrogens is 361 g/mol. The van der Waals surface area contributed by atoms with E-state index in [-0.39, 0.29) is 5.02 Å². The van der Waals surface area contributed by atoms with Gasteiger partial charge in [0.05, 0.1) is 10.7 Å². The second kappa shape index (κ2) is 8.26. The Labute approximate surface area is 165 Å². The molecule has 1 aliphatic carbocycles. The van der Waals surface area contributed by atoms with Crippen LogP contribution >= 0.6 is 11.6 Å². The van der Waals surface area contributed by atoms with E-state index < -0.39 is 5.82 Å². The van der Waals surface area contributed by atoms with Crippen molar-refractivity contribution in [1.29, 1.82) is 0 Å². The molecule has 0 unspecified atom stereocenters. The molecule has 3 nitrogen and oxygen atoms in total. The molecule has 3 rings (SSSR count). The summed E-state index contributed by atoms with van der Waals surface area (Å²) in [5, 5.41) is 0.122. The van der Waals surface area contributed by atoms with E-state index in [0.717, 1.165) is 60.7 Å². The summed E-state index contributed by atoms with van der Waals surface area (Å²) in [5.41, 5.74) is 7.88. The maximum absolute atomic E-state index is 14.1. The zero-order valence-corrected chi connectivity index (χ0v) is 16.9. The van der Waals surface area contributed by atoms with Crippen molar-refractivity contribution in [2.75, 3.05) is 33.2 Å². The summed E-state index contributed by atoms with van der Waals surface area (Å²) in [6.07, 6.45) is 4.82. The van der Waals surface area contributed by atoms with Crippen LogP contribution in [0.4, 0.5) is 10.1 Å². The lowest BCUT2D eigenvalue weighted by Crippen LogP contribution is -2.47. The quantitative estimate of drug-likeness (QED) is 0.403. The molecule has 2 aliphatic rings. The summed E-state index contributed by atoms with van der Waals surface area (Å²) < 4.78 is 14.1. The van der Waals surface area contributed by atoms with Crippen LogP contribution in [0.5, 0.6) is 0 Å². The molecular formula is C22H25ClFN3. The van der Waals surface area contributed by atoms with Gasteiger partial charge in [-0.2, -0.15) is 0 Å². The van der Waals surface area contributed by atoms with Crippen molar-refractivity contribution in [1.82, 2.24) is 9.80 Å². The van der Waals surface area contributed by atoms with Crippen molar-refractivity contribution in [3.8, 4) is 0 Å². The molecule has 0 bridgehead atoms. The second-order valence-corrected chi connectivity index (χ2v) is 7.55. The minimum absolute atomic E-state index is 0.122. The van der Waals surface area contributed by atoms with Crippen LogP contribution in [0.25, 0.3) is 0 Å². The number of aryl methyl sites for hydroxylation is 1. The molecule has 1 saturated heterocycles. The number of likely N-dealkylation sites (N-methyl/N-ethyl adjacent to an activating group) is 1. The van der Waals surface area contributed by atoms with Gasteiger partial charge in [0.25, 0.3) is 0 Å². The molecule has 1 aromatic rings. The van der Waals surface area contributed by atoms with Crippen molar-refractivity contribution in [3.05, 3.63) is 69.7 Å². The van der Waals surface area contributed by atoms with E-state index in [1.165, 1.54) is 6.07 Å². The highest BCUT2D eigenvalue weighted by Gasteiger charge is 2.21. The van der Waals surface area contributed by atoms with Gasteiger partial charge in [-0.15, -0.1) is 5.73 Å². The fraction of sp³-hybridized carbons (Fsp3) is 0.364. The first kappa shape index (κ1) is 19.6. The number of aliphatic imine (C=N–C) groups is 1. The maximum atomic E-state index is 14.1. The third kappa shape index (κ3) is 4.59. The molecule has 1 heterocycles. The van der Waals surface area contributed by atoms with Crippen molar-refractivity contribution < 1.29 is 4.39 Å². The topological polar surface area (TPSA) is 18.8 Å². The van der Waals surface area contributed by atoms with E-state index in [4.69, 9.17) is 16.6 Å². The normalized spacial score (nSPS) is 19.1. The molecule has 0 N–H and O–H groups in total. The molecule has 0 spiro atoms. The van der Waals surface area contributed by atoms with E-state index in [0.29, 0.717) is 5.69 Å². The number of allylic oxidation sites excluding steroid dienone is 3. The summed E-state index contributed by atoms with van der Waals surface area (Å²) >= 11 is 5.91. The number of nitrogens with zero attached hydrogens (tertiary/aromatic N) is 3. The number of hydrogen-bond acceptors (Lipinski definition) is 2. The lowest BCUT2D eigenvalue weighted by atomic mass is 10.1. The Bertz CT molecular complexity index is 883. The van der Waals surface area contributed by atoms with E-state index in [1.807, 2.05) is 19.9 Å². The molecule has 1 aliphatic heterocycles. The summed E-state index contributed by atoms with van der Waals surface area (Å²) in [5.74, 6) is 0.403. The van der Waals surface area contributed by atoms with Crippen LogP contribution in [0.1, 0.15) is 18.9 Å². The van der Waals surface area contributed by atoms with Crippen LogP contribution in [0, 0.1) is 12.7 Å². The molecule has 1 aromatic carbocycles. The van der Waals surface area contributed by atoms with E-state index >= 15 is 0 Å². The van der Waals surface area contributed by atoms with Crippen molar-refractivity contribution in [2.24, 2.45) is 4.99 Å². The summed E-state index contributed by atoms with van der Waals surface area (Å²) in [6.45, 7) is 11.6. The molecule has 142 valence electrons. The van der Waals surface area contributed by atoms with Gasteiger partial charge in [0.15, 0.2) is 0 Å². The van der Waals surface area contributed by atoms with Crippen LogP contribution in [-0.4, -0.2) is 48.9 Å². The van der Waals surface area contributed by atoms with Crippen LogP contribution in [-0.2, 0) is 0 Å². The average molecular weight is 386 g/mol. The molecule has 5 heteroatoms. The number of piperazine rings is 1.